The monoisotopic (exact) mass is 347 g/mol. The number of halogens is 1. The van der Waals surface area contributed by atoms with Crippen LogP contribution in [0.1, 0.15) is 17.7 Å². The molecule has 2 aliphatic heterocycles. The van der Waals surface area contributed by atoms with Crippen LogP contribution in [-0.2, 0) is 6.54 Å². The third kappa shape index (κ3) is 2.58. The van der Waals surface area contributed by atoms with Crippen LogP contribution in [0.3, 0.4) is 0 Å². The Morgan fingerprint density at radius 3 is 2.96 bits per heavy atom. The normalized spacial score (nSPS) is 18.9. The second-order valence-electron chi connectivity index (χ2n) is 6.69. The summed E-state index contributed by atoms with van der Waals surface area (Å²) >= 11 is 0. The van der Waals surface area contributed by atoms with Crippen LogP contribution in [0.5, 0.6) is 0 Å². The Morgan fingerprint density at radius 1 is 1.12 bits per heavy atom. The third-order valence-electron chi connectivity index (χ3n) is 4.97. The Kier molecular flexibility index (Phi) is 3.55. The van der Waals surface area contributed by atoms with E-state index in [9.17, 15) is 4.39 Å². The van der Waals surface area contributed by atoms with Gasteiger partial charge in [-0.15, -0.1) is 0 Å². The number of rotatable bonds is 2. The zero-order valence-corrected chi connectivity index (χ0v) is 14.2. The Labute approximate surface area is 150 Å². The van der Waals surface area contributed by atoms with Gasteiger partial charge < -0.3 is 10.2 Å². The molecule has 5 nitrogen and oxygen atoms in total. The number of hydrogen-bond donors (Lipinski definition) is 1. The molecule has 1 atom stereocenters. The van der Waals surface area contributed by atoms with Crippen LogP contribution in [0, 0.1) is 0 Å². The van der Waals surface area contributed by atoms with Gasteiger partial charge >= 0.3 is 0 Å². The molecule has 1 fully saturated rings. The van der Waals surface area contributed by atoms with Crippen molar-refractivity contribution in [3.8, 4) is 0 Å². The molecule has 130 valence electrons. The van der Waals surface area contributed by atoms with Gasteiger partial charge in [-0.3, -0.25) is 9.98 Å². The number of fused-ring (bicyclic) bond motifs is 2. The first kappa shape index (κ1) is 15.3. The van der Waals surface area contributed by atoms with Crippen LogP contribution in [0.15, 0.2) is 53.8 Å². The van der Waals surface area contributed by atoms with E-state index in [1.807, 2.05) is 35.2 Å². The molecule has 1 saturated heterocycles. The molecule has 5 rings (SSSR count). The fourth-order valence-corrected chi connectivity index (χ4v) is 3.66. The van der Waals surface area contributed by atoms with Gasteiger partial charge in [0, 0.05) is 35.6 Å². The van der Waals surface area contributed by atoms with Gasteiger partial charge in [0.2, 0.25) is 0 Å². The number of nitrogens with zero attached hydrogens (tertiary/aromatic N) is 4. The average molecular weight is 347 g/mol. The van der Waals surface area contributed by atoms with Crippen molar-refractivity contribution in [2.75, 3.05) is 23.3 Å². The number of pyridine rings is 2. The lowest BCUT2D eigenvalue weighted by Crippen LogP contribution is -2.21. The number of amidine groups is 1. The number of hydrogen-bond acceptors (Lipinski definition) is 5. The third-order valence-corrected chi connectivity index (χ3v) is 4.97. The highest BCUT2D eigenvalue weighted by molar-refractivity contribution is 6.11. The summed E-state index contributed by atoms with van der Waals surface area (Å²) in [6.45, 7) is 1.75. The summed E-state index contributed by atoms with van der Waals surface area (Å²) in [5, 5.41) is 5.52. The molecule has 0 amide bonds. The van der Waals surface area contributed by atoms with Gasteiger partial charge in [-0.05, 0) is 48.2 Å². The van der Waals surface area contributed by atoms with Gasteiger partial charge in [0.15, 0.2) is 0 Å². The Hall–Kier alpha value is -3.02. The van der Waals surface area contributed by atoms with E-state index in [2.05, 4.69) is 26.3 Å². The second-order valence-corrected chi connectivity index (χ2v) is 6.69. The molecule has 1 N–H and O–H groups in total. The maximum Gasteiger partial charge on any atom is 0.136 e. The van der Waals surface area contributed by atoms with E-state index in [4.69, 9.17) is 0 Å². The minimum Gasteiger partial charge on any atom is -0.353 e. The molecule has 6 heteroatoms. The van der Waals surface area contributed by atoms with E-state index in [0.29, 0.717) is 26.1 Å². The van der Waals surface area contributed by atoms with E-state index in [-0.39, 0.29) is 0 Å². The van der Waals surface area contributed by atoms with Crippen LogP contribution in [0.4, 0.5) is 15.9 Å². The van der Waals surface area contributed by atoms with Crippen molar-refractivity contribution in [2.24, 2.45) is 4.99 Å². The van der Waals surface area contributed by atoms with Crippen LogP contribution >= 0.6 is 0 Å². The predicted molar refractivity (Wildman–Crippen MR) is 102 cm³/mol. The van der Waals surface area contributed by atoms with Crippen LogP contribution in [0.2, 0.25) is 0 Å². The lowest BCUT2D eigenvalue weighted by atomic mass is 10.1. The van der Waals surface area contributed by atoms with Crippen molar-refractivity contribution < 1.29 is 4.39 Å². The fourth-order valence-electron chi connectivity index (χ4n) is 3.66. The van der Waals surface area contributed by atoms with Gasteiger partial charge in [-0.25, -0.2) is 9.37 Å². The van der Waals surface area contributed by atoms with Crippen molar-refractivity contribution >= 4 is 28.1 Å². The first-order chi connectivity index (χ1) is 12.8. The molecule has 0 unspecified atom stereocenters. The molecule has 0 radical (unpaired) electrons. The number of nitrogens with one attached hydrogen (secondary N) is 1. The lowest BCUT2D eigenvalue weighted by molar-refractivity contribution is 0.364. The zero-order chi connectivity index (χ0) is 17.5. The smallest absolute Gasteiger partial charge is 0.136 e. The number of aliphatic imine (C=N–C) groups is 1. The molecule has 0 aliphatic carbocycles. The topological polar surface area (TPSA) is 53.4 Å². The molecule has 2 aliphatic rings. The summed E-state index contributed by atoms with van der Waals surface area (Å²) in [5.74, 6) is 1.71. The van der Waals surface area contributed by atoms with Gasteiger partial charge in [-0.2, -0.15) is 0 Å². The molecule has 2 aromatic heterocycles. The number of alkyl halides is 1. The van der Waals surface area contributed by atoms with E-state index >= 15 is 0 Å². The highest BCUT2D eigenvalue weighted by atomic mass is 19.1. The molecule has 1 aromatic carbocycles. The van der Waals surface area contributed by atoms with Crippen LogP contribution < -0.4 is 10.2 Å². The first-order valence-corrected chi connectivity index (χ1v) is 8.81. The van der Waals surface area contributed by atoms with Crippen molar-refractivity contribution in [1.29, 1.82) is 0 Å². The molecular formula is C20H18FN5. The van der Waals surface area contributed by atoms with E-state index in [1.165, 1.54) is 0 Å². The maximum absolute atomic E-state index is 13.6. The summed E-state index contributed by atoms with van der Waals surface area (Å²) in [4.78, 5) is 15.4. The zero-order valence-electron chi connectivity index (χ0n) is 14.2. The highest BCUT2D eigenvalue weighted by Gasteiger charge is 2.24. The SMILES string of the molecule is F[C@H]1CCN(c2nccc3cc(NC4=NCc5ncccc54)ccc23)C1. The molecule has 0 saturated carbocycles. The molecule has 4 heterocycles. The molecule has 3 aromatic rings. The van der Waals surface area contributed by atoms with E-state index < -0.39 is 6.17 Å². The first-order valence-electron chi connectivity index (χ1n) is 8.81. The standard InChI is InChI=1S/C20H18FN5/c21-14-6-9-26(12-14)20-16-4-3-15(10-13(16)5-8-23-20)25-19-17-2-1-7-22-18(17)11-24-19/h1-5,7-8,10,14H,6,9,11-12H2,(H,24,25)/t14-/m0/s1. The van der Waals surface area contributed by atoms with Gasteiger partial charge in [-0.1, -0.05) is 0 Å². The summed E-state index contributed by atoms with van der Waals surface area (Å²) in [6.07, 6.45) is 3.40. The minimum atomic E-state index is -0.762. The Balaban J connectivity index is 1.46. The van der Waals surface area contributed by atoms with Crippen molar-refractivity contribution in [3.63, 3.8) is 0 Å². The number of anilines is 2. The second kappa shape index (κ2) is 6.05. The maximum atomic E-state index is 13.6. The van der Waals surface area contributed by atoms with Gasteiger partial charge in [0.1, 0.15) is 17.8 Å². The average Bonchev–Trinajstić information content (AvgIpc) is 3.28. The molecule has 26 heavy (non-hydrogen) atoms. The van der Waals surface area contributed by atoms with E-state index in [1.54, 1.807) is 12.4 Å². The lowest BCUT2D eigenvalue weighted by Gasteiger charge is -2.18. The quantitative estimate of drug-likeness (QED) is 0.770. The fraction of sp³-hybridized carbons (Fsp3) is 0.250. The Morgan fingerprint density at radius 2 is 2.08 bits per heavy atom. The summed E-state index contributed by atoms with van der Waals surface area (Å²) in [5.41, 5.74) is 3.01. The summed E-state index contributed by atoms with van der Waals surface area (Å²) < 4.78 is 13.6. The van der Waals surface area contributed by atoms with Crippen molar-refractivity contribution in [2.45, 2.75) is 19.1 Å². The molecule has 0 bridgehead atoms. The van der Waals surface area contributed by atoms with Crippen molar-refractivity contribution in [3.05, 3.63) is 60.0 Å². The van der Waals surface area contributed by atoms with Crippen molar-refractivity contribution in [1.82, 2.24) is 9.97 Å². The summed E-state index contributed by atoms with van der Waals surface area (Å²) in [6, 6.07) is 12.1. The Bertz CT molecular complexity index is 1020. The predicted octanol–water partition coefficient (Wildman–Crippen LogP) is 3.55. The van der Waals surface area contributed by atoms with Gasteiger partial charge in [0.25, 0.3) is 0 Å². The molecule has 0 spiro atoms. The number of aromatic nitrogens is 2. The van der Waals surface area contributed by atoms with Crippen LogP contribution in [0.25, 0.3) is 10.8 Å². The largest absolute Gasteiger partial charge is 0.353 e. The minimum absolute atomic E-state index is 0.423. The number of benzene rings is 1. The molecular weight excluding hydrogens is 329 g/mol. The summed E-state index contributed by atoms with van der Waals surface area (Å²) in [7, 11) is 0. The van der Waals surface area contributed by atoms with E-state index in [0.717, 1.165) is 39.4 Å². The van der Waals surface area contributed by atoms with Gasteiger partial charge in [0.05, 0.1) is 18.8 Å². The highest BCUT2D eigenvalue weighted by Crippen LogP contribution is 2.30. The van der Waals surface area contributed by atoms with Crippen LogP contribution in [-0.4, -0.2) is 35.1 Å².